The van der Waals surface area contributed by atoms with Gasteiger partial charge in [-0.25, -0.2) is 23.1 Å². The van der Waals surface area contributed by atoms with Crippen LogP contribution in [0.3, 0.4) is 0 Å². The number of nitrogens with one attached hydrogen (secondary N) is 2. The summed E-state index contributed by atoms with van der Waals surface area (Å²) < 4.78 is 67.6. The molecule has 0 unspecified atom stereocenters. The zero-order valence-corrected chi connectivity index (χ0v) is 17.9. The fourth-order valence-corrected chi connectivity index (χ4v) is 4.06. The minimum absolute atomic E-state index is 0.189. The third-order valence-electron chi connectivity index (χ3n) is 4.44. The molecule has 2 N–H and O–H groups in total. The number of benzene rings is 2. The van der Waals surface area contributed by atoms with E-state index < -0.39 is 26.7 Å². The van der Waals surface area contributed by atoms with E-state index in [2.05, 4.69) is 25.1 Å². The van der Waals surface area contributed by atoms with E-state index in [0.29, 0.717) is 29.2 Å². The van der Waals surface area contributed by atoms with Crippen LogP contribution in [-0.4, -0.2) is 28.2 Å². The van der Waals surface area contributed by atoms with Crippen LogP contribution < -0.4 is 10.0 Å². The highest BCUT2D eigenvalue weighted by atomic mass is 32.2. The summed E-state index contributed by atoms with van der Waals surface area (Å²) in [6.07, 6.45) is -1.27. The molecule has 0 saturated carbocycles. The first kappa shape index (κ1) is 22.3. The van der Waals surface area contributed by atoms with Gasteiger partial charge in [-0.2, -0.15) is 18.3 Å². The van der Waals surface area contributed by atoms with Gasteiger partial charge in [-0.15, -0.1) is 0 Å². The van der Waals surface area contributed by atoms with E-state index in [4.69, 9.17) is 0 Å². The number of aromatic nitrogens is 4. The number of anilines is 3. The Morgan fingerprint density at radius 1 is 0.939 bits per heavy atom. The SMILES string of the molecule is Cc1nc(Nc2ccc(NS(=O)(=O)c3cccc(C(F)(F)F)c3)cc2)cc(-n2cccn2)n1. The molecule has 2 heterocycles. The van der Waals surface area contributed by atoms with Crippen molar-refractivity contribution in [3.63, 3.8) is 0 Å². The minimum Gasteiger partial charge on any atom is -0.340 e. The van der Waals surface area contributed by atoms with E-state index in [9.17, 15) is 21.6 Å². The lowest BCUT2D eigenvalue weighted by molar-refractivity contribution is -0.137. The van der Waals surface area contributed by atoms with Crippen molar-refractivity contribution >= 4 is 27.2 Å². The Bertz CT molecular complexity index is 1370. The molecule has 0 fully saturated rings. The number of rotatable bonds is 6. The van der Waals surface area contributed by atoms with E-state index in [0.717, 1.165) is 18.2 Å². The molecule has 12 heteroatoms. The summed E-state index contributed by atoms with van der Waals surface area (Å²) in [7, 11) is -4.20. The van der Waals surface area contributed by atoms with Gasteiger partial charge in [0.25, 0.3) is 10.0 Å². The maximum Gasteiger partial charge on any atom is 0.416 e. The lowest BCUT2D eigenvalue weighted by Crippen LogP contribution is -2.14. The van der Waals surface area contributed by atoms with Crippen molar-refractivity contribution in [2.75, 3.05) is 10.0 Å². The van der Waals surface area contributed by atoms with Crippen LogP contribution in [0.2, 0.25) is 0 Å². The summed E-state index contributed by atoms with van der Waals surface area (Å²) in [6, 6.07) is 13.2. The molecule has 4 aromatic rings. The highest BCUT2D eigenvalue weighted by Crippen LogP contribution is 2.31. The summed E-state index contributed by atoms with van der Waals surface area (Å²) in [5, 5.41) is 7.23. The molecule has 0 aliphatic carbocycles. The third kappa shape index (κ3) is 5.29. The van der Waals surface area contributed by atoms with Crippen molar-refractivity contribution in [3.8, 4) is 5.82 Å². The van der Waals surface area contributed by atoms with Crippen LogP contribution in [0.4, 0.5) is 30.4 Å². The van der Waals surface area contributed by atoms with Gasteiger partial charge in [-0.05, 0) is 55.5 Å². The number of hydrogen-bond donors (Lipinski definition) is 2. The number of hydrogen-bond acceptors (Lipinski definition) is 6. The molecule has 2 aromatic heterocycles. The molecular formula is C21H17F3N6O2S. The highest BCUT2D eigenvalue weighted by Gasteiger charge is 2.31. The molecule has 2 aromatic carbocycles. The molecule has 0 saturated heterocycles. The first-order valence-corrected chi connectivity index (χ1v) is 11.0. The Morgan fingerprint density at radius 2 is 1.67 bits per heavy atom. The molecule has 0 amide bonds. The van der Waals surface area contributed by atoms with Crippen molar-refractivity contribution in [2.24, 2.45) is 0 Å². The van der Waals surface area contributed by atoms with Crippen molar-refractivity contribution in [1.29, 1.82) is 0 Å². The normalized spacial score (nSPS) is 11.9. The second kappa shape index (κ2) is 8.54. The van der Waals surface area contributed by atoms with Gasteiger partial charge in [0.15, 0.2) is 5.82 Å². The van der Waals surface area contributed by atoms with Crippen LogP contribution >= 0.6 is 0 Å². The Morgan fingerprint density at radius 3 is 2.33 bits per heavy atom. The maximum absolute atomic E-state index is 12.9. The number of nitrogens with zero attached hydrogens (tertiary/aromatic N) is 4. The van der Waals surface area contributed by atoms with Gasteiger partial charge in [-0.3, -0.25) is 4.72 Å². The van der Waals surface area contributed by atoms with Crippen molar-refractivity contribution in [1.82, 2.24) is 19.7 Å². The lowest BCUT2D eigenvalue weighted by atomic mass is 10.2. The van der Waals surface area contributed by atoms with Crippen molar-refractivity contribution in [3.05, 3.63) is 84.4 Å². The van der Waals surface area contributed by atoms with Gasteiger partial charge in [0, 0.05) is 29.8 Å². The number of aryl methyl sites for hydroxylation is 1. The molecule has 0 aliphatic rings. The summed E-state index contributed by atoms with van der Waals surface area (Å²) >= 11 is 0. The van der Waals surface area contributed by atoms with Crippen LogP contribution in [0.25, 0.3) is 5.82 Å². The van der Waals surface area contributed by atoms with Gasteiger partial charge in [0.1, 0.15) is 11.6 Å². The molecule has 33 heavy (non-hydrogen) atoms. The Balaban J connectivity index is 1.50. The van der Waals surface area contributed by atoms with Gasteiger partial charge in [0.2, 0.25) is 0 Å². The maximum atomic E-state index is 12.9. The molecule has 170 valence electrons. The van der Waals surface area contributed by atoms with Gasteiger partial charge >= 0.3 is 6.18 Å². The van der Waals surface area contributed by atoms with Gasteiger partial charge in [0.05, 0.1) is 10.5 Å². The molecular weight excluding hydrogens is 457 g/mol. The predicted octanol–water partition coefficient (Wildman–Crippen LogP) is 4.53. The van der Waals surface area contributed by atoms with Crippen LogP contribution in [0.1, 0.15) is 11.4 Å². The van der Waals surface area contributed by atoms with E-state index in [-0.39, 0.29) is 5.69 Å². The number of halogens is 3. The largest absolute Gasteiger partial charge is 0.416 e. The average molecular weight is 474 g/mol. The van der Waals surface area contributed by atoms with Crippen molar-refractivity contribution in [2.45, 2.75) is 18.0 Å². The lowest BCUT2D eigenvalue weighted by Gasteiger charge is -2.12. The first-order valence-electron chi connectivity index (χ1n) is 9.53. The average Bonchev–Trinajstić information content (AvgIpc) is 3.29. The summed E-state index contributed by atoms with van der Waals surface area (Å²) in [5.41, 5.74) is -0.241. The number of alkyl halides is 3. The van der Waals surface area contributed by atoms with Gasteiger partial charge < -0.3 is 5.32 Å². The van der Waals surface area contributed by atoms with Crippen LogP contribution in [0.5, 0.6) is 0 Å². The Hall–Kier alpha value is -3.93. The Kier molecular flexibility index (Phi) is 5.77. The summed E-state index contributed by atoms with van der Waals surface area (Å²) in [6.45, 7) is 1.74. The topological polar surface area (TPSA) is 102 Å². The molecule has 0 bridgehead atoms. The monoisotopic (exact) mass is 474 g/mol. The van der Waals surface area contributed by atoms with Crippen molar-refractivity contribution < 1.29 is 21.6 Å². The molecule has 0 aliphatic heterocycles. The second-order valence-electron chi connectivity index (χ2n) is 6.94. The molecule has 0 spiro atoms. The van der Waals surface area contributed by atoms with E-state index in [1.807, 2.05) is 0 Å². The molecule has 0 radical (unpaired) electrons. The van der Waals surface area contributed by atoms with E-state index >= 15 is 0 Å². The Labute approximate surface area is 187 Å². The fourth-order valence-electron chi connectivity index (χ4n) is 2.96. The third-order valence-corrected chi connectivity index (χ3v) is 5.82. The van der Waals surface area contributed by atoms with Crippen LogP contribution in [0.15, 0.2) is 78.0 Å². The zero-order valence-electron chi connectivity index (χ0n) is 17.1. The smallest absolute Gasteiger partial charge is 0.340 e. The quantitative estimate of drug-likeness (QED) is 0.426. The zero-order chi connectivity index (χ0) is 23.6. The molecule has 8 nitrogen and oxygen atoms in total. The van der Waals surface area contributed by atoms with E-state index in [1.54, 1.807) is 48.3 Å². The second-order valence-corrected chi connectivity index (χ2v) is 8.63. The molecule has 4 rings (SSSR count). The summed E-state index contributed by atoms with van der Waals surface area (Å²) in [4.78, 5) is 8.16. The predicted molar refractivity (Wildman–Crippen MR) is 116 cm³/mol. The molecule has 0 atom stereocenters. The fraction of sp³-hybridized carbons (Fsp3) is 0.0952. The van der Waals surface area contributed by atoms with Crippen LogP contribution in [-0.2, 0) is 16.2 Å². The van der Waals surface area contributed by atoms with Crippen LogP contribution in [0, 0.1) is 6.92 Å². The number of sulfonamides is 1. The van der Waals surface area contributed by atoms with Gasteiger partial charge in [-0.1, -0.05) is 6.07 Å². The highest BCUT2D eigenvalue weighted by molar-refractivity contribution is 7.92. The summed E-state index contributed by atoms with van der Waals surface area (Å²) in [5.74, 6) is 1.60. The first-order chi connectivity index (χ1) is 15.6. The standard InChI is InChI=1S/C21H17F3N6O2S/c1-14-26-19(13-20(27-14)30-11-3-10-25-30)28-16-6-8-17(9-7-16)29-33(31,32)18-5-2-4-15(12-18)21(22,23)24/h2-13,29H,1H3,(H,26,27,28). The minimum atomic E-state index is -4.64. The van der Waals surface area contributed by atoms with E-state index in [1.165, 1.54) is 12.1 Å².